The summed E-state index contributed by atoms with van der Waals surface area (Å²) in [5.74, 6) is 1.17. The fourth-order valence-corrected chi connectivity index (χ4v) is 2.12. The van der Waals surface area contributed by atoms with E-state index in [9.17, 15) is 0 Å². The number of aryl methyl sites for hydroxylation is 2. The first-order chi connectivity index (χ1) is 8.36. The summed E-state index contributed by atoms with van der Waals surface area (Å²) in [7, 11) is 0. The molecule has 0 bridgehead atoms. The quantitative estimate of drug-likeness (QED) is 0.776. The van der Waals surface area contributed by atoms with Gasteiger partial charge < -0.3 is 10.3 Å². The third-order valence-corrected chi connectivity index (χ3v) is 2.93. The minimum atomic E-state index is 0.759. The van der Waals surface area contributed by atoms with Crippen molar-refractivity contribution in [3.05, 3.63) is 24.3 Å². The molecule has 0 amide bonds. The van der Waals surface area contributed by atoms with E-state index < -0.39 is 0 Å². The van der Waals surface area contributed by atoms with Gasteiger partial charge in [-0.1, -0.05) is 6.92 Å². The Morgan fingerprint density at radius 3 is 3.00 bits per heavy atom. The van der Waals surface area contributed by atoms with E-state index in [-0.39, 0.29) is 0 Å². The third kappa shape index (κ3) is 2.64. The van der Waals surface area contributed by atoms with E-state index in [0.29, 0.717) is 0 Å². The van der Waals surface area contributed by atoms with E-state index in [1.165, 1.54) is 11.3 Å². The number of rotatable bonds is 6. The van der Waals surface area contributed by atoms with E-state index in [4.69, 9.17) is 5.73 Å². The van der Waals surface area contributed by atoms with Crippen LogP contribution in [-0.4, -0.2) is 21.1 Å². The number of nitrogens with two attached hydrogens (primary N) is 1. The number of unbranched alkanes of at least 4 members (excludes halogenated alkanes) is 1. The lowest BCUT2D eigenvalue weighted by molar-refractivity contribution is 0.627. The molecule has 0 radical (unpaired) electrons. The van der Waals surface area contributed by atoms with Crippen molar-refractivity contribution in [2.24, 2.45) is 5.73 Å². The van der Waals surface area contributed by atoms with Crippen LogP contribution in [0.3, 0.4) is 0 Å². The van der Waals surface area contributed by atoms with Crippen molar-refractivity contribution in [1.29, 1.82) is 0 Å². The van der Waals surface area contributed by atoms with E-state index in [0.717, 1.165) is 44.3 Å². The van der Waals surface area contributed by atoms with Gasteiger partial charge >= 0.3 is 0 Å². The highest BCUT2D eigenvalue weighted by atomic mass is 15.1. The molecule has 2 rings (SSSR count). The molecule has 0 unspecified atom stereocenters. The standard InChI is InChI=1S/C13H20N4/c1-2-9-17-12-6-8-15-10-11(12)16-13(17)5-3-4-7-14/h6,8,10H,2-5,7,9,14H2,1H3. The lowest BCUT2D eigenvalue weighted by Crippen LogP contribution is -2.05. The molecule has 2 aromatic heterocycles. The van der Waals surface area contributed by atoms with Crippen LogP contribution in [0, 0.1) is 0 Å². The summed E-state index contributed by atoms with van der Waals surface area (Å²) in [5.41, 5.74) is 7.73. The van der Waals surface area contributed by atoms with Gasteiger partial charge in [-0.15, -0.1) is 0 Å². The van der Waals surface area contributed by atoms with Crippen LogP contribution in [0.5, 0.6) is 0 Å². The Balaban J connectivity index is 2.29. The van der Waals surface area contributed by atoms with E-state index in [2.05, 4.69) is 21.5 Å². The second kappa shape index (κ2) is 5.77. The van der Waals surface area contributed by atoms with Crippen molar-refractivity contribution in [1.82, 2.24) is 14.5 Å². The second-order valence-corrected chi connectivity index (χ2v) is 4.29. The molecule has 0 saturated heterocycles. The molecule has 0 aromatic carbocycles. The molecule has 4 heteroatoms. The Bertz CT molecular complexity index is 475. The highest BCUT2D eigenvalue weighted by Gasteiger charge is 2.09. The molecule has 0 saturated carbocycles. The van der Waals surface area contributed by atoms with Gasteiger partial charge in [-0.25, -0.2) is 4.98 Å². The molecule has 0 aliphatic rings. The zero-order valence-electron chi connectivity index (χ0n) is 10.4. The molecule has 0 aliphatic carbocycles. The van der Waals surface area contributed by atoms with Crippen LogP contribution >= 0.6 is 0 Å². The first kappa shape index (κ1) is 12.0. The van der Waals surface area contributed by atoms with Crippen molar-refractivity contribution < 1.29 is 0 Å². The summed E-state index contributed by atoms with van der Waals surface area (Å²) in [6.45, 7) is 3.98. The molecule has 0 spiro atoms. The third-order valence-electron chi connectivity index (χ3n) is 2.93. The Labute approximate surface area is 102 Å². The van der Waals surface area contributed by atoms with E-state index in [1.54, 1.807) is 0 Å². The number of hydrogen-bond acceptors (Lipinski definition) is 3. The Morgan fingerprint density at radius 1 is 1.35 bits per heavy atom. The number of aromatic nitrogens is 3. The summed E-state index contributed by atoms with van der Waals surface area (Å²) >= 11 is 0. The molecule has 0 atom stereocenters. The average molecular weight is 232 g/mol. The van der Waals surface area contributed by atoms with Gasteiger partial charge in [0.1, 0.15) is 11.3 Å². The number of pyridine rings is 1. The van der Waals surface area contributed by atoms with E-state index >= 15 is 0 Å². The number of hydrogen-bond donors (Lipinski definition) is 1. The monoisotopic (exact) mass is 232 g/mol. The van der Waals surface area contributed by atoms with Crippen LogP contribution in [0.4, 0.5) is 0 Å². The predicted octanol–water partition coefficient (Wildman–Crippen LogP) is 2.12. The molecular weight excluding hydrogens is 212 g/mol. The number of imidazole rings is 1. The molecule has 2 aromatic rings. The lowest BCUT2D eigenvalue weighted by Gasteiger charge is -2.07. The topological polar surface area (TPSA) is 56.7 Å². The van der Waals surface area contributed by atoms with Crippen LogP contribution in [0.2, 0.25) is 0 Å². The highest BCUT2D eigenvalue weighted by Crippen LogP contribution is 2.16. The number of nitrogens with zero attached hydrogens (tertiary/aromatic N) is 3. The van der Waals surface area contributed by atoms with Crippen molar-refractivity contribution in [2.45, 2.75) is 39.2 Å². The van der Waals surface area contributed by atoms with Gasteiger partial charge in [-0.3, -0.25) is 4.98 Å². The fourth-order valence-electron chi connectivity index (χ4n) is 2.12. The maximum absolute atomic E-state index is 5.53. The Hall–Kier alpha value is -1.42. The first-order valence-electron chi connectivity index (χ1n) is 6.36. The van der Waals surface area contributed by atoms with Gasteiger partial charge in [-0.2, -0.15) is 0 Å². The smallest absolute Gasteiger partial charge is 0.109 e. The molecule has 4 nitrogen and oxygen atoms in total. The van der Waals surface area contributed by atoms with Crippen molar-refractivity contribution in [2.75, 3.05) is 6.54 Å². The molecular formula is C13H20N4. The zero-order chi connectivity index (χ0) is 12.1. The zero-order valence-corrected chi connectivity index (χ0v) is 10.4. The summed E-state index contributed by atoms with van der Waals surface area (Å²) in [6.07, 6.45) is 7.97. The van der Waals surface area contributed by atoms with Crippen molar-refractivity contribution in [3.63, 3.8) is 0 Å². The molecule has 2 N–H and O–H groups in total. The minimum Gasteiger partial charge on any atom is -0.330 e. The van der Waals surface area contributed by atoms with Crippen LogP contribution in [0.25, 0.3) is 11.0 Å². The largest absolute Gasteiger partial charge is 0.330 e. The molecule has 17 heavy (non-hydrogen) atoms. The predicted molar refractivity (Wildman–Crippen MR) is 69.8 cm³/mol. The summed E-state index contributed by atoms with van der Waals surface area (Å²) < 4.78 is 2.31. The van der Waals surface area contributed by atoms with Gasteiger partial charge in [0, 0.05) is 19.2 Å². The van der Waals surface area contributed by atoms with Crippen LogP contribution in [-0.2, 0) is 13.0 Å². The summed E-state index contributed by atoms with van der Waals surface area (Å²) in [5, 5.41) is 0. The molecule has 0 aliphatic heterocycles. The summed E-state index contributed by atoms with van der Waals surface area (Å²) in [6, 6.07) is 2.05. The SMILES string of the molecule is CCCn1c(CCCCN)nc2cnccc21. The Kier molecular flexibility index (Phi) is 4.09. The van der Waals surface area contributed by atoms with Crippen LogP contribution in [0.15, 0.2) is 18.5 Å². The molecule has 2 heterocycles. The maximum Gasteiger partial charge on any atom is 0.109 e. The highest BCUT2D eigenvalue weighted by molar-refractivity contribution is 5.74. The van der Waals surface area contributed by atoms with E-state index in [1.807, 2.05) is 18.5 Å². The van der Waals surface area contributed by atoms with Gasteiger partial charge in [0.2, 0.25) is 0 Å². The van der Waals surface area contributed by atoms with Gasteiger partial charge in [0.15, 0.2) is 0 Å². The Morgan fingerprint density at radius 2 is 2.24 bits per heavy atom. The lowest BCUT2D eigenvalue weighted by atomic mass is 10.2. The second-order valence-electron chi connectivity index (χ2n) is 4.29. The minimum absolute atomic E-state index is 0.759. The van der Waals surface area contributed by atoms with Crippen molar-refractivity contribution in [3.8, 4) is 0 Å². The van der Waals surface area contributed by atoms with Gasteiger partial charge in [0.05, 0.1) is 11.7 Å². The van der Waals surface area contributed by atoms with Crippen LogP contribution < -0.4 is 5.73 Å². The fraction of sp³-hybridized carbons (Fsp3) is 0.538. The van der Waals surface area contributed by atoms with Gasteiger partial charge in [-0.05, 0) is 31.9 Å². The maximum atomic E-state index is 5.53. The average Bonchev–Trinajstić information content (AvgIpc) is 2.69. The molecule has 92 valence electrons. The van der Waals surface area contributed by atoms with Crippen molar-refractivity contribution >= 4 is 11.0 Å². The number of fused-ring (bicyclic) bond motifs is 1. The molecule has 0 fully saturated rings. The normalized spacial score (nSPS) is 11.2. The summed E-state index contributed by atoms with van der Waals surface area (Å²) in [4.78, 5) is 8.79. The van der Waals surface area contributed by atoms with Crippen LogP contribution in [0.1, 0.15) is 32.0 Å². The van der Waals surface area contributed by atoms with Gasteiger partial charge in [0.25, 0.3) is 0 Å². The first-order valence-corrected chi connectivity index (χ1v) is 6.36.